The average molecular weight is 557 g/mol. The van der Waals surface area contributed by atoms with E-state index in [1.807, 2.05) is 20.8 Å². The summed E-state index contributed by atoms with van der Waals surface area (Å²) in [6.45, 7) is 6.42. The Morgan fingerprint density at radius 1 is 1.15 bits per heavy atom. The Bertz CT molecular complexity index is 1360. The maximum Gasteiger partial charge on any atom is 0.410 e. The zero-order valence-electron chi connectivity index (χ0n) is 22.1. The highest BCUT2D eigenvalue weighted by Crippen LogP contribution is 2.31. The minimum absolute atomic E-state index is 0.0927. The Labute approximate surface area is 230 Å². The topological polar surface area (TPSA) is 119 Å². The molecule has 1 aliphatic rings. The molecule has 4 rings (SSSR count). The maximum atomic E-state index is 14.4. The molecule has 1 aromatic carbocycles. The predicted octanol–water partition coefficient (Wildman–Crippen LogP) is 5.21. The van der Waals surface area contributed by atoms with E-state index in [4.69, 9.17) is 21.1 Å². The van der Waals surface area contributed by atoms with E-state index in [-0.39, 0.29) is 40.8 Å². The van der Waals surface area contributed by atoms with Gasteiger partial charge in [-0.25, -0.2) is 19.2 Å². The number of nitrogens with zero attached hydrogens (tertiary/aromatic N) is 4. The molecular weight excluding hydrogens is 527 g/mol. The van der Waals surface area contributed by atoms with Crippen LogP contribution in [0.4, 0.5) is 20.7 Å². The lowest BCUT2D eigenvalue weighted by molar-refractivity contribution is 0.0199. The number of aromatic nitrogens is 3. The molecule has 0 radical (unpaired) electrons. The van der Waals surface area contributed by atoms with Gasteiger partial charge in [-0.2, -0.15) is 0 Å². The number of nitrogens with one attached hydrogen (secondary N) is 2. The van der Waals surface area contributed by atoms with Crippen LogP contribution < -0.4 is 15.4 Å². The lowest BCUT2D eigenvalue weighted by Crippen LogP contribution is -2.47. The summed E-state index contributed by atoms with van der Waals surface area (Å²) >= 11 is 6.04. The van der Waals surface area contributed by atoms with E-state index in [1.54, 1.807) is 11.0 Å². The Hall–Kier alpha value is -3.99. The highest BCUT2D eigenvalue weighted by Gasteiger charge is 2.28. The molecule has 39 heavy (non-hydrogen) atoms. The maximum absolute atomic E-state index is 14.4. The van der Waals surface area contributed by atoms with Gasteiger partial charge in [-0.15, -0.1) is 0 Å². The summed E-state index contributed by atoms with van der Waals surface area (Å²) in [5.41, 5.74) is 0.256. The van der Waals surface area contributed by atoms with Crippen LogP contribution in [-0.4, -0.2) is 63.7 Å². The van der Waals surface area contributed by atoms with Gasteiger partial charge in [0.15, 0.2) is 17.4 Å². The molecule has 2 N–H and O–H groups in total. The number of likely N-dealkylation sites (tertiary alicyclic amines) is 1. The van der Waals surface area contributed by atoms with Crippen molar-refractivity contribution < 1.29 is 23.5 Å². The number of halogens is 2. The number of rotatable bonds is 6. The summed E-state index contributed by atoms with van der Waals surface area (Å²) in [4.78, 5) is 39.9. The first-order valence-electron chi connectivity index (χ1n) is 12.4. The number of piperidine rings is 1. The van der Waals surface area contributed by atoms with Gasteiger partial charge in [0, 0.05) is 36.5 Å². The van der Waals surface area contributed by atoms with Crippen LogP contribution in [0.1, 0.15) is 44.0 Å². The standard InChI is InChI=1S/C27H30ClFN6O4/c1-27(2,3)39-26(37)35-11-8-17(9-12-35)32-25(36)19-14-30-10-7-21(19)33-24-22(38-4)15-31-23(34-24)18-13-16(28)5-6-20(18)29/h5-7,10,13-15,17H,8-9,11-12H2,1-4H3,(H,32,36)(H,30,31,33,34). The minimum Gasteiger partial charge on any atom is -0.491 e. The fraction of sp³-hybridized carbons (Fsp3) is 0.370. The summed E-state index contributed by atoms with van der Waals surface area (Å²) in [6, 6.07) is 5.60. The van der Waals surface area contributed by atoms with Crippen LogP contribution in [-0.2, 0) is 4.74 Å². The van der Waals surface area contributed by atoms with Crippen molar-refractivity contribution in [3.05, 3.63) is 59.3 Å². The molecule has 2 amide bonds. The van der Waals surface area contributed by atoms with Crippen LogP contribution in [0.5, 0.6) is 5.75 Å². The first kappa shape index (κ1) is 28.0. The predicted molar refractivity (Wildman–Crippen MR) is 145 cm³/mol. The minimum atomic E-state index is -0.568. The Kier molecular flexibility index (Phi) is 8.49. The summed E-state index contributed by atoms with van der Waals surface area (Å²) in [5, 5.41) is 6.46. The molecule has 10 nitrogen and oxygen atoms in total. The highest BCUT2D eigenvalue weighted by atomic mass is 35.5. The van der Waals surface area contributed by atoms with E-state index in [0.29, 0.717) is 42.4 Å². The number of carbonyl (C=O) groups is 2. The van der Waals surface area contributed by atoms with Crippen LogP contribution in [0.25, 0.3) is 11.4 Å². The van der Waals surface area contributed by atoms with Gasteiger partial charge in [0.25, 0.3) is 5.91 Å². The van der Waals surface area contributed by atoms with E-state index in [1.165, 1.54) is 43.9 Å². The molecule has 3 aromatic rings. The van der Waals surface area contributed by atoms with Gasteiger partial charge in [-0.05, 0) is 57.9 Å². The largest absolute Gasteiger partial charge is 0.491 e. The van der Waals surface area contributed by atoms with Gasteiger partial charge in [-0.1, -0.05) is 11.6 Å². The lowest BCUT2D eigenvalue weighted by Gasteiger charge is -2.33. The fourth-order valence-electron chi connectivity index (χ4n) is 4.02. The lowest BCUT2D eigenvalue weighted by atomic mass is 10.0. The van der Waals surface area contributed by atoms with E-state index < -0.39 is 11.4 Å². The molecule has 0 bridgehead atoms. The number of methoxy groups -OCH3 is 1. The second-order valence-corrected chi connectivity index (χ2v) is 10.4. The monoisotopic (exact) mass is 556 g/mol. The van der Waals surface area contributed by atoms with Gasteiger partial charge in [-0.3, -0.25) is 9.78 Å². The molecule has 0 atom stereocenters. The number of ether oxygens (including phenoxy) is 2. The SMILES string of the molecule is COc1cnc(-c2cc(Cl)ccc2F)nc1Nc1ccncc1C(=O)NC1CCN(C(=O)OC(C)(C)C)CC1. The first-order chi connectivity index (χ1) is 18.5. The number of hydrogen-bond donors (Lipinski definition) is 2. The molecule has 1 saturated heterocycles. The van der Waals surface area contributed by atoms with Crippen molar-refractivity contribution in [3.8, 4) is 17.1 Å². The van der Waals surface area contributed by atoms with Crippen molar-refractivity contribution >= 4 is 35.1 Å². The molecule has 2 aromatic heterocycles. The zero-order valence-corrected chi connectivity index (χ0v) is 22.9. The van der Waals surface area contributed by atoms with Gasteiger partial charge in [0.2, 0.25) is 0 Å². The highest BCUT2D eigenvalue weighted by molar-refractivity contribution is 6.30. The second kappa shape index (κ2) is 11.8. The van der Waals surface area contributed by atoms with Gasteiger partial charge < -0.3 is 25.0 Å². The van der Waals surface area contributed by atoms with Crippen LogP contribution >= 0.6 is 11.6 Å². The van der Waals surface area contributed by atoms with E-state index in [0.717, 1.165) is 0 Å². The molecule has 12 heteroatoms. The van der Waals surface area contributed by atoms with Crippen molar-refractivity contribution in [1.29, 1.82) is 0 Å². The Morgan fingerprint density at radius 2 is 1.90 bits per heavy atom. The summed E-state index contributed by atoms with van der Waals surface area (Å²) in [5.74, 6) is -0.255. The molecule has 0 saturated carbocycles. The number of pyridine rings is 1. The smallest absolute Gasteiger partial charge is 0.410 e. The number of benzene rings is 1. The molecule has 0 unspecified atom stereocenters. The van der Waals surface area contributed by atoms with E-state index >= 15 is 0 Å². The summed E-state index contributed by atoms with van der Waals surface area (Å²) in [6.07, 6.45) is 5.19. The number of carbonyl (C=O) groups excluding carboxylic acids is 2. The van der Waals surface area contributed by atoms with Crippen LogP contribution in [0.3, 0.4) is 0 Å². The average Bonchev–Trinajstić information content (AvgIpc) is 2.89. The third-order valence-corrected chi connectivity index (χ3v) is 6.18. The molecule has 206 valence electrons. The van der Waals surface area contributed by atoms with Crippen LogP contribution in [0, 0.1) is 5.82 Å². The zero-order chi connectivity index (χ0) is 28.2. The third kappa shape index (κ3) is 7.11. The first-order valence-corrected chi connectivity index (χ1v) is 12.8. The van der Waals surface area contributed by atoms with Crippen molar-refractivity contribution in [2.24, 2.45) is 0 Å². The van der Waals surface area contributed by atoms with Crippen LogP contribution in [0.15, 0.2) is 42.9 Å². The van der Waals surface area contributed by atoms with E-state index in [9.17, 15) is 14.0 Å². The molecule has 1 fully saturated rings. The molecule has 0 spiro atoms. The van der Waals surface area contributed by atoms with Gasteiger partial charge >= 0.3 is 6.09 Å². The molecular formula is C27H30ClFN6O4. The quantitative estimate of drug-likeness (QED) is 0.424. The van der Waals surface area contributed by atoms with Crippen molar-refractivity contribution in [2.45, 2.75) is 45.3 Å². The Balaban J connectivity index is 1.48. The fourth-order valence-corrected chi connectivity index (χ4v) is 4.19. The second-order valence-electron chi connectivity index (χ2n) is 10.00. The number of amides is 2. The number of anilines is 2. The third-order valence-electron chi connectivity index (χ3n) is 5.95. The van der Waals surface area contributed by atoms with Gasteiger partial charge in [0.1, 0.15) is 11.4 Å². The Morgan fingerprint density at radius 3 is 2.59 bits per heavy atom. The van der Waals surface area contributed by atoms with Crippen molar-refractivity contribution in [3.63, 3.8) is 0 Å². The summed E-state index contributed by atoms with van der Waals surface area (Å²) < 4.78 is 25.3. The normalized spacial score (nSPS) is 14.1. The van der Waals surface area contributed by atoms with Crippen molar-refractivity contribution in [1.82, 2.24) is 25.2 Å². The molecule has 1 aliphatic heterocycles. The molecule has 3 heterocycles. The van der Waals surface area contributed by atoms with E-state index in [2.05, 4.69) is 25.6 Å². The summed E-state index contributed by atoms with van der Waals surface area (Å²) in [7, 11) is 1.45. The van der Waals surface area contributed by atoms with Crippen LogP contribution in [0.2, 0.25) is 5.02 Å². The number of hydrogen-bond acceptors (Lipinski definition) is 8. The van der Waals surface area contributed by atoms with Crippen molar-refractivity contribution in [2.75, 3.05) is 25.5 Å². The van der Waals surface area contributed by atoms with Gasteiger partial charge in [0.05, 0.1) is 30.1 Å². The molecule has 0 aliphatic carbocycles.